The number of hydrogen-bond acceptors (Lipinski definition) is 0. The molecule has 326 valence electrons. The largest absolute Gasteiger partial charge is 0.147 e. The molecule has 0 aromatic heterocycles. The van der Waals surface area contributed by atoms with E-state index in [1.54, 1.807) is 33.4 Å². The van der Waals surface area contributed by atoms with Crippen molar-refractivity contribution in [2.45, 2.75) is 138 Å². The zero-order chi connectivity index (χ0) is 40.8. The number of rotatable bonds is 9. The van der Waals surface area contributed by atoms with Crippen LogP contribution in [0.3, 0.4) is 0 Å². The van der Waals surface area contributed by atoms with Gasteiger partial charge in [0.1, 0.15) is 0 Å². The first-order valence-electron chi connectivity index (χ1n) is 24.8. The first kappa shape index (κ1) is 43.9. The molecule has 0 radical (unpaired) electrons. The molecule has 3 unspecified atom stereocenters. The summed E-state index contributed by atoms with van der Waals surface area (Å²) < 4.78 is 6.77. The topological polar surface area (TPSA) is 0 Å². The normalized spacial score (nSPS) is 33.9. The molecule has 4 aromatic rings. The molecule has 14 rings (SSSR count). The van der Waals surface area contributed by atoms with Crippen LogP contribution in [0.15, 0.2) is 96.1 Å². The molecule has 0 saturated heterocycles. The maximum atomic E-state index is 2.85. The van der Waals surface area contributed by atoms with Gasteiger partial charge in [-0.15, -0.1) is 24.8 Å². The standard InChI is InChI=1S/C30H35.C26H27.2CH3.2ClH.H2Si.Zr/c1-3-5-20(2)26-15-25-6-4-7-28(29(25)16-26)24-8-10-27(11-9-24)30-17-21-12-22(18-30)14-23(13-21)19-30;1-17-9-22-3-2-4-24(25(22)10-17)21-5-7-23(8-6-21)26-14-18-11-19(15-26)13-20(12-18)16-26;;;;;;/h4,6-11,15-16,20-23H,3,5,12-14,17-19H2,1-2H3;2-10,18-20H,11-16H2,1H3;2*1H3;2*1H;1H2;. The van der Waals surface area contributed by atoms with Crippen molar-refractivity contribution >= 4 is 43.8 Å². The van der Waals surface area contributed by atoms with Crippen LogP contribution in [0.4, 0.5) is 0 Å². The van der Waals surface area contributed by atoms with E-state index < -0.39 is 17.4 Å². The van der Waals surface area contributed by atoms with Crippen LogP contribution in [-0.4, -0.2) is 6.88 Å². The Balaban J connectivity index is 0.00000229. The van der Waals surface area contributed by atoms with Crippen LogP contribution < -0.4 is 0 Å². The molecule has 0 heterocycles. The molecule has 10 aliphatic rings. The minimum absolute atomic E-state index is 0. The van der Waals surface area contributed by atoms with E-state index in [1.165, 1.54) is 123 Å². The molecule has 4 aromatic carbocycles. The molecular formula is C58H72Cl2SiZr. The van der Waals surface area contributed by atoms with Gasteiger partial charge < -0.3 is 0 Å². The Labute approximate surface area is 389 Å². The van der Waals surface area contributed by atoms with Crippen LogP contribution >= 0.6 is 24.8 Å². The van der Waals surface area contributed by atoms with Crippen LogP contribution in [0.25, 0.3) is 34.4 Å². The predicted molar refractivity (Wildman–Crippen MR) is 269 cm³/mol. The Morgan fingerprint density at radius 3 is 1.35 bits per heavy atom. The van der Waals surface area contributed by atoms with Gasteiger partial charge in [-0.05, 0) is 0 Å². The van der Waals surface area contributed by atoms with Crippen molar-refractivity contribution < 1.29 is 17.4 Å². The second-order valence-corrected chi connectivity index (χ2v) is 54.7. The SMILES string of the molecule is CCCC(C)C1=Cc2c(-c3ccc(C45CC6CC(CC(C6)C4)C5)cc3)cccc2[CH]1[Zr]([CH3])([CH3])(=[SiH2])[CH]1C(C)=Cc2c(-c3ccc(C45CC6CC(CC(C6)C4)C5)cc3)cccc21.Cl.Cl. The fourth-order valence-electron chi connectivity index (χ4n) is 17.9. The molecule has 8 saturated carbocycles. The minimum atomic E-state index is -3.77. The zero-order valence-corrected chi connectivity index (χ0v) is 43.9. The van der Waals surface area contributed by atoms with E-state index in [0.717, 1.165) is 35.5 Å². The molecule has 62 heavy (non-hydrogen) atoms. The molecule has 8 bridgehead atoms. The monoisotopic (exact) mass is 956 g/mol. The Kier molecular flexibility index (Phi) is 11.0. The summed E-state index contributed by atoms with van der Waals surface area (Å²) in [4.78, 5) is 0. The van der Waals surface area contributed by atoms with Crippen molar-refractivity contribution in [1.82, 2.24) is 0 Å². The number of benzene rings is 4. The smallest absolute Gasteiger partial charge is 0.147 e. The van der Waals surface area contributed by atoms with Gasteiger partial charge in [0.25, 0.3) is 0 Å². The van der Waals surface area contributed by atoms with E-state index in [1.807, 2.05) is 0 Å². The third kappa shape index (κ3) is 6.77. The quantitative estimate of drug-likeness (QED) is 0.147. The summed E-state index contributed by atoms with van der Waals surface area (Å²) in [5.41, 5.74) is 19.6. The van der Waals surface area contributed by atoms with Crippen molar-refractivity contribution in [3.05, 3.63) is 129 Å². The number of hydrogen-bond donors (Lipinski definition) is 0. The molecule has 8 fully saturated rings. The third-order valence-corrected chi connectivity index (χ3v) is 36.9. The predicted octanol–water partition coefficient (Wildman–Crippen LogP) is 16.2. The van der Waals surface area contributed by atoms with Crippen molar-refractivity contribution in [1.29, 1.82) is 0 Å². The second-order valence-electron chi connectivity index (χ2n) is 24.2. The van der Waals surface area contributed by atoms with Crippen LogP contribution in [0.5, 0.6) is 0 Å². The van der Waals surface area contributed by atoms with Gasteiger partial charge in [0.2, 0.25) is 0 Å². The first-order valence-corrected chi connectivity index (χ1v) is 38.5. The van der Waals surface area contributed by atoms with E-state index in [9.17, 15) is 0 Å². The summed E-state index contributed by atoms with van der Waals surface area (Å²) in [5, 5.41) is 0. The van der Waals surface area contributed by atoms with Gasteiger partial charge in [-0.25, -0.2) is 0 Å². The van der Waals surface area contributed by atoms with Gasteiger partial charge in [0.15, 0.2) is 0 Å². The molecular weight excluding hydrogens is 887 g/mol. The van der Waals surface area contributed by atoms with Crippen LogP contribution in [0.1, 0.15) is 151 Å². The molecule has 0 nitrogen and oxygen atoms in total. The number of allylic oxidation sites excluding steroid dienone is 2. The summed E-state index contributed by atoms with van der Waals surface area (Å²) in [5.74, 6) is 6.48. The molecule has 0 amide bonds. The third-order valence-electron chi connectivity index (χ3n) is 19.3. The summed E-state index contributed by atoms with van der Waals surface area (Å²) in [6.45, 7) is 9.97. The maximum Gasteiger partial charge on any atom is -0.147 e. The minimum Gasteiger partial charge on any atom is -0.147 e. The Bertz CT molecular complexity index is 2460. The van der Waals surface area contributed by atoms with E-state index >= 15 is 0 Å². The van der Waals surface area contributed by atoms with Gasteiger partial charge in [-0.1, -0.05) is 0 Å². The van der Waals surface area contributed by atoms with Crippen molar-refractivity contribution in [2.24, 2.45) is 41.4 Å². The average molecular weight is 959 g/mol. The Hall–Kier alpha value is -1.96. The van der Waals surface area contributed by atoms with E-state index in [0.29, 0.717) is 24.0 Å². The number of fused-ring (bicyclic) bond motifs is 2. The summed E-state index contributed by atoms with van der Waals surface area (Å²) in [6, 6.07) is 35.1. The van der Waals surface area contributed by atoms with Crippen LogP contribution in [-0.2, 0) is 28.2 Å². The summed E-state index contributed by atoms with van der Waals surface area (Å²) in [6.07, 6.45) is 25.6. The molecule has 0 N–H and O–H groups in total. The molecule has 0 spiro atoms. The fourth-order valence-corrected chi connectivity index (χ4v) is 38.4. The van der Waals surface area contributed by atoms with E-state index in [4.69, 9.17) is 0 Å². The van der Waals surface area contributed by atoms with Crippen molar-refractivity contribution in [3.8, 4) is 22.3 Å². The van der Waals surface area contributed by atoms with E-state index in [2.05, 4.69) is 134 Å². The van der Waals surface area contributed by atoms with Gasteiger partial charge in [-0.3, -0.25) is 0 Å². The van der Waals surface area contributed by atoms with Gasteiger partial charge in [-0.2, -0.15) is 0 Å². The first-order chi connectivity index (χ1) is 28.9. The maximum absolute atomic E-state index is 3.77. The van der Waals surface area contributed by atoms with Crippen molar-refractivity contribution in [3.63, 3.8) is 0 Å². The van der Waals surface area contributed by atoms with E-state index in [-0.39, 0.29) is 24.8 Å². The molecule has 3 atom stereocenters. The zero-order valence-electron chi connectivity index (χ0n) is 38.4. The molecule has 0 aliphatic heterocycles. The Morgan fingerprint density at radius 1 is 0.565 bits per heavy atom. The number of halogens is 2. The van der Waals surface area contributed by atoms with Gasteiger partial charge in [0, 0.05) is 0 Å². The fraction of sp³-hybridized carbons (Fsp3) is 0.517. The van der Waals surface area contributed by atoms with Gasteiger partial charge in [0.05, 0.1) is 0 Å². The second kappa shape index (κ2) is 15.6. The Morgan fingerprint density at radius 2 is 0.952 bits per heavy atom. The van der Waals surface area contributed by atoms with Crippen molar-refractivity contribution in [2.75, 3.05) is 0 Å². The molecule has 10 aliphatic carbocycles. The van der Waals surface area contributed by atoms with Crippen LogP contribution in [0.2, 0.25) is 9.26 Å². The summed E-state index contributed by atoms with van der Waals surface area (Å²) in [7, 11) is 0. The summed E-state index contributed by atoms with van der Waals surface area (Å²) >= 11 is -3.77. The molecule has 4 heteroatoms. The average Bonchev–Trinajstić information content (AvgIpc) is 3.80. The van der Waals surface area contributed by atoms with Gasteiger partial charge >= 0.3 is 368 Å². The van der Waals surface area contributed by atoms with Crippen LogP contribution in [0, 0.1) is 41.4 Å².